The Morgan fingerprint density at radius 2 is 1.97 bits per heavy atom. The summed E-state index contributed by atoms with van der Waals surface area (Å²) < 4.78 is 1.70. The third-order valence-corrected chi connectivity index (χ3v) is 6.54. The van der Waals surface area contributed by atoms with E-state index in [1.807, 2.05) is 24.4 Å². The van der Waals surface area contributed by atoms with Crippen LogP contribution in [-0.4, -0.2) is 54.8 Å². The standard InChI is InChI=1S/C24H25N11O/c1-24(2)13-34(20-4-3-16(8-25)32-33-20)6-5-19(24)31-21-17(22(26)36)11-30-35-12-14(7-18(21)35)15-9-28-23(27)29-10-15/h3-4,7,9-12,19,31H,5-6,13H2,1-2H3,(H2,26,36)(H2,27,28,29). The Morgan fingerprint density at radius 3 is 2.61 bits per heavy atom. The molecule has 0 aromatic carbocycles. The Kier molecular flexibility index (Phi) is 5.60. The minimum atomic E-state index is -0.561. The number of carbonyl (C=O) groups is 1. The van der Waals surface area contributed by atoms with Crippen molar-refractivity contribution in [1.82, 2.24) is 29.8 Å². The van der Waals surface area contributed by atoms with Crippen LogP contribution in [0.4, 0.5) is 17.5 Å². The summed E-state index contributed by atoms with van der Waals surface area (Å²) >= 11 is 0. The quantitative estimate of drug-likeness (QED) is 0.379. The van der Waals surface area contributed by atoms with E-state index in [0.29, 0.717) is 23.3 Å². The fraction of sp³-hybridized carbons (Fsp3) is 0.292. The largest absolute Gasteiger partial charge is 0.379 e. The molecule has 1 saturated heterocycles. The topological polar surface area (TPSA) is 177 Å². The second-order valence-electron chi connectivity index (χ2n) is 9.47. The van der Waals surface area contributed by atoms with E-state index in [2.05, 4.69) is 49.3 Å². The van der Waals surface area contributed by atoms with Crippen LogP contribution in [0, 0.1) is 16.7 Å². The zero-order valence-corrected chi connectivity index (χ0v) is 19.9. The number of fused-ring (bicyclic) bond motifs is 1. The van der Waals surface area contributed by atoms with Gasteiger partial charge in [-0.05, 0) is 24.6 Å². The van der Waals surface area contributed by atoms with Gasteiger partial charge in [-0.1, -0.05) is 13.8 Å². The van der Waals surface area contributed by atoms with Crippen molar-refractivity contribution >= 4 is 28.9 Å². The lowest BCUT2D eigenvalue weighted by molar-refractivity contribution is 0.100. The summed E-state index contributed by atoms with van der Waals surface area (Å²) in [5.74, 6) is 0.361. The van der Waals surface area contributed by atoms with Crippen molar-refractivity contribution in [2.45, 2.75) is 26.3 Å². The fourth-order valence-corrected chi connectivity index (χ4v) is 4.59. The van der Waals surface area contributed by atoms with E-state index in [1.165, 1.54) is 6.20 Å². The molecule has 5 rings (SSSR count). The van der Waals surface area contributed by atoms with Gasteiger partial charge in [-0.2, -0.15) is 10.4 Å². The van der Waals surface area contributed by atoms with E-state index in [0.717, 1.165) is 29.9 Å². The maximum absolute atomic E-state index is 12.3. The first-order valence-electron chi connectivity index (χ1n) is 11.4. The number of nitrogens with one attached hydrogen (secondary N) is 1. The number of carbonyl (C=O) groups excluding carboxylic acids is 1. The van der Waals surface area contributed by atoms with Gasteiger partial charge in [-0.15, -0.1) is 10.2 Å². The number of anilines is 3. The highest BCUT2D eigenvalue weighted by molar-refractivity contribution is 6.02. The van der Waals surface area contributed by atoms with Crippen LogP contribution in [0.5, 0.6) is 0 Å². The zero-order valence-electron chi connectivity index (χ0n) is 19.9. The summed E-state index contributed by atoms with van der Waals surface area (Å²) in [5.41, 5.74) is 14.7. The Balaban J connectivity index is 1.46. The summed E-state index contributed by atoms with van der Waals surface area (Å²) in [5, 5.41) is 25.1. The third-order valence-electron chi connectivity index (χ3n) is 6.54. The highest BCUT2D eigenvalue weighted by atomic mass is 16.1. The van der Waals surface area contributed by atoms with Gasteiger partial charge in [0.05, 0.1) is 23.0 Å². The second-order valence-corrected chi connectivity index (χ2v) is 9.47. The van der Waals surface area contributed by atoms with Crippen molar-refractivity contribution in [3.63, 3.8) is 0 Å². The number of hydrogen-bond donors (Lipinski definition) is 3. The highest BCUT2D eigenvalue weighted by Gasteiger charge is 2.37. The molecule has 4 aromatic rings. The average molecular weight is 484 g/mol. The molecule has 36 heavy (non-hydrogen) atoms. The van der Waals surface area contributed by atoms with Crippen LogP contribution < -0.4 is 21.7 Å². The molecule has 182 valence electrons. The summed E-state index contributed by atoms with van der Waals surface area (Å²) in [7, 11) is 0. The molecule has 0 saturated carbocycles. The summed E-state index contributed by atoms with van der Waals surface area (Å²) in [6.45, 7) is 5.74. The Morgan fingerprint density at radius 1 is 1.19 bits per heavy atom. The molecule has 1 fully saturated rings. The van der Waals surface area contributed by atoms with E-state index >= 15 is 0 Å². The molecule has 1 atom stereocenters. The molecule has 5 heterocycles. The lowest BCUT2D eigenvalue weighted by Gasteiger charge is -2.45. The normalized spacial score (nSPS) is 17.0. The Labute approximate surface area is 207 Å². The van der Waals surface area contributed by atoms with E-state index in [4.69, 9.17) is 16.7 Å². The Bertz CT molecular complexity index is 1470. The van der Waals surface area contributed by atoms with E-state index in [9.17, 15) is 4.79 Å². The molecule has 5 N–H and O–H groups in total. The summed E-state index contributed by atoms with van der Waals surface area (Å²) in [6.07, 6.45) is 7.39. The van der Waals surface area contributed by atoms with Crippen molar-refractivity contribution in [2.75, 3.05) is 29.0 Å². The number of rotatable bonds is 5. The van der Waals surface area contributed by atoms with Gasteiger partial charge in [0.2, 0.25) is 5.95 Å². The molecular weight excluding hydrogens is 458 g/mol. The predicted octanol–water partition coefficient (Wildman–Crippen LogP) is 1.85. The number of nitrogens with two attached hydrogens (primary N) is 2. The maximum atomic E-state index is 12.3. The van der Waals surface area contributed by atoms with Crippen LogP contribution >= 0.6 is 0 Å². The fourth-order valence-electron chi connectivity index (χ4n) is 4.59. The molecule has 12 nitrogen and oxygen atoms in total. The molecule has 1 aliphatic heterocycles. The predicted molar refractivity (Wildman–Crippen MR) is 134 cm³/mol. The smallest absolute Gasteiger partial charge is 0.252 e. The van der Waals surface area contributed by atoms with Gasteiger partial charge in [0, 0.05) is 54.3 Å². The first-order chi connectivity index (χ1) is 17.2. The highest BCUT2D eigenvalue weighted by Crippen LogP contribution is 2.36. The molecule has 1 amide bonds. The third kappa shape index (κ3) is 4.22. The number of amides is 1. The maximum Gasteiger partial charge on any atom is 0.252 e. The molecule has 0 aliphatic carbocycles. The van der Waals surface area contributed by atoms with Gasteiger partial charge in [0.1, 0.15) is 6.07 Å². The Hall–Kier alpha value is -4.79. The van der Waals surface area contributed by atoms with Gasteiger partial charge in [-0.3, -0.25) is 4.79 Å². The van der Waals surface area contributed by atoms with Crippen molar-refractivity contribution in [3.05, 3.63) is 54.2 Å². The van der Waals surface area contributed by atoms with Crippen molar-refractivity contribution in [2.24, 2.45) is 11.1 Å². The van der Waals surface area contributed by atoms with Crippen LogP contribution in [0.25, 0.3) is 16.6 Å². The lowest BCUT2D eigenvalue weighted by atomic mass is 9.78. The minimum absolute atomic E-state index is 0.0302. The molecule has 0 spiro atoms. The molecule has 1 aliphatic rings. The zero-order chi connectivity index (χ0) is 25.4. The second kappa shape index (κ2) is 8.77. The average Bonchev–Trinajstić information content (AvgIpc) is 3.30. The number of piperidine rings is 1. The monoisotopic (exact) mass is 483 g/mol. The van der Waals surface area contributed by atoms with E-state index in [1.54, 1.807) is 23.0 Å². The van der Waals surface area contributed by atoms with Gasteiger partial charge in [0.25, 0.3) is 5.91 Å². The number of hydrogen-bond acceptors (Lipinski definition) is 10. The van der Waals surface area contributed by atoms with Gasteiger partial charge < -0.3 is 21.7 Å². The number of primary amides is 1. The van der Waals surface area contributed by atoms with E-state index in [-0.39, 0.29) is 23.1 Å². The minimum Gasteiger partial charge on any atom is -0.379 e. The van der Waals surface area contributed by atoms with Crippen molar-refractivity contribution in [1.29, 1.82) is 5.26 Å². The SMILES string of the molecule is CC1(C)CN(c2ccc(C#N)nn2)CCC1Nc1c(C(N)=O)cnn2cc(-c3cnc(N)nc3)cc12. The summed E-state index contributed by atoms with van der Waals surface area (Å²) in [4.78, 5) is 22.6. The summed E-state index contributed by atoms with van der Waals surface area (Å²) in [6, 6.07) is 7.43. The van der Waals surface area contributed by atoms with Crippen LogP contribution in [-0.2, 0) is 0 Å². The molecule has 4 aromatic heterocycles. The van der Waals surface area contributed by atoms with Crippen molar-refractivity contribution in [3.8, 4) is 17.2 Å². The van der Waals surface area contributed by atoms with Crippen LogP contribution in [0.3, 0.4) is 0 Å². The van der Waals surface area contributed by atoms with Crippen LogP contribution in [0.2, 0.25) is 0 Å². The number of nitrogens with zero attached hydrogens (tertiary/aromatic N) is 8. The molecular formula is C24H25N11O. The number of nitriles is 1. The van der Waals surface area contributed by atoms with Crippen molar-refractivity contribution < 1.29 is 4.79 Å². The lowest BCUT2D eigenvalue weighted by Crippen LogP contribution is -2.52. The van der Waals surface area contributed by atoms with Crippen LogP contribution in [0.1, 0.15) is 36.3 Å². The molecule has 12 heteroatoms. The van der Waals surface area contributed by atoms with Gasteiger partial charge in [-0.25, -0.2) is 14.5 Å². The molecule has 0 radical (unpaired) electrons. The molecule has 1 unspecified atom stereocenters. The van der Waals surface area contributed by atoms with Gasteiger partial charge in [0.15, 0.2) is 11.5 Å². The first kappa shape index (κ1) is 23.0. The number of nitrogen functional groups attached to an aromatic ring is 1. The van der Waals surface area contributed by atoms with Gasteiger partial charge >= 0.3 is 0 Å². The number of aromatic nitrogens is 6. The van der Waals surface area contributed by atoms with E-state index < -0.39 is 5.91 Å². The first-order valence-corrected chi connectivity index (χ1v) is 11.4. The van der Waals surface area contributed by atoms with Crippen LogP contribution in [0.15, 0.2) is 43.0 Å². The molecule has 0 bridgehead atoms.